The summed E-state index contributed by atoms with van der Waals surface area (Å²) in [6.45, 7) is 3.20. The number of hydrogen-bond acceptors (Lipinski definition) is 3. The van der Waals surface area contributed by atoms with Gasteiger partial charge in [0.15, 0.2) is 0 Å². The Morgan fingerprint density at radius 1 is 1.23 bits per heavy atom. The molecule has 1 fully saturated rings. The summed E-state index contributed by atoms with van der Waals surface area (Å²) in [5.74, 6) is 0.779. The Hall–Kier alpha value is -2.56. The maximum absolute atomic E-state index is 12.4. The minimum atomic E-state index is -0.0770. The zero-order valence-electron chi connectivity index (χ0n) is 15.5. The Bertz CT molecular complexity index is 814. The SMILES string of the molecule is Cc1cc(OC2CCN(C(=O)CCCc3ccccc3)C2)cc(=O)n1C. The molecule has 1 unspecified atom stereocenters. The van der Waals surface area contributed by atoms with Crippen molar-refractivity contribution < 1.29 is 9.53 Å². The van der Waals surface area contributed by atoms with Crippen LogP contribution in [0.3, 0.4) is 0 Å². The predicted molar refractivity (Wildman–Crippen MR) is 101 cm³/mol. The van der Waals surface area contributed by atoms with Gasteiger partial charge in [-0.2, -0.15) is 0 Å². The molecular weight excluding hydrogens is 328 g/mol. The summed E-state index contributed by atoms with van der Waals surface area (Å²) in [6.07, 6.45) is 3.11. The van der Waals surface area contributed by atoms with Gasteiger partial charge < -0.3 is 14.2 Å². The largest absolute Gasteiger partial charge is 0.488 e. The molecule has 1 amide bonds. The van der Waals surface area contributed by atoms with E-state index in [0.29, 0.717) is 18.7 Å². The number of hydrogen-bond donors (Lipinski definition) is 0. The third-order valence-corrected chi connectivity index (χ3v) is 4.98. The molecule has 1 aromatic heterocycles. The van der Waals surface area contributed by atoms with Crippen LogP contribution >= 0.6 is 0 Å². The quantitative estimate of drug-likeness (QED) is 0.801. The standard InChI is InChI=1S/C21H26N2O3/c1-16-13-19(14-21(25)22(16)2)26-18-11-12-23(15-18)20(24)10-6-9-17-7-4-3-5-8-17/h3-5,7-8,13-14,18H,6,9-12,15H2,1-2H3. The van der Waals surface area contributed by atoms with Gasteiger partial charge in [-0.15, -0.1) is 0 Å². The van der Waals surface area contributed by atoms with Crippen molar-refractivity contribution in [3.05, 3.63) is 64.1 Å². The molecule has 1 saturated heterocycles. The molecule has 26 heavy (non-hydrogen) atoms. The Morgan fingerprint density at radius 3 is 2.73 bits per heavy atom. The third-order valence-electron chi connectivity index (χ3n) is 4.98. The Morgan fingerprint density at radius 2 is 2.00 bits per heavy atom. The fourth-order valence-electron chi connectivity index (χ4n) is 3.29. The summed E-state index contributed by atoms with van der Waals surface area (Å²) in [5, 5.41) is 0. The van der Waals surface area contributed by atoms with Crippen molar-refractivity contribution in [2.45, 2.75) is 38.7 Å². The number of nitrogens with zero attached hydrogens (tertiary/aromatic N) is 2. The lowest BCUT2D eigenvalue weighted by Crippen LogP contribution is -2.31. The monoisotopic (exact) mass is 354 g/mol. The van der Waals surface area contributed by atoms with E-state index in [4.69, 9.17) is 4.74 Å². The normalized spacial score (nSPS) is 16.7. The summed E-state index contributed by atoms with van der Waals surface area (Å²) in [7, 11) is 1.74. The van der Waals surface area contributed by atoms with Crippen LogP contribution in [-0.2, 0) is 18.3 Å². The van der Waals surface area contributed by atoms with Gasteiger partial charge in [0.05, 0.1) is 6.54 Å². The van der Waals surface area contributed by atoms with Crippen LogP contribution in [0.5, 0.6) is 5.75 Å². The first-order chi connectivity index (χ1) is 12.5. The first-order valence-corrected chi connectivity index (χ1v) is 9.19. The van der Waals surface area contributed by atoms with E-state index in [0.717, 1.165) is 31.5 Å². The number of aromatic nitrogens is 1. The van der Waals surface area contributed by atoms with Crippen molar-refractivity contribution in [1.82, 2.24) is 9.47 Å². The van der Waals surface area contributed by atoms with Crippen molar-refractivity contribution in [1.29, 1.82) is 0 Å². The maximum Gasteiger partial charge on any atom is 0.254 e. The fourth-order valence-corrected chi connectivity index (χ4v) is 3.29. The van der Waals surface area contributed by atoms with Gasteiger partial charge in [-0.1, -0.05) is 30.3 Å². The molecule has 0 bridgehead atoms. The number of benzene rings is 1. The highest BCUT2D eigenvalue weighted by molar-refractivity contribution is 5.76. The Kier molecular flexibility index (Phi) is 5.76. The van der Waals surface area contributed by atoms with Crippen LogP contribution in [0.15, 0.2) is 47.3 Å². The number of likely N-dealkylation sites (tertiary alicyclic amines) is 1. The lowest BCUT2D eigenvalue weighted by Gasteiger charge is -2.18. The van der Waals surface area contributed by atoms with Crippen LogP contribution in [0.2, 0.25) is 0 Å². The lowest BCUT2D eigenvalue weighted by atomic mass is 10.1. The van der Waals surface area contributed by atoms with Crippen LogP contribution < -0.4 is 10.3 Å². The topological polar surface area (TPSA) is 51.5 Å². The predicted octanol–water partition coefficient (Wildman–Crippen LogP) is 2.70. The summed E-state index contributed by atoms with van der Waals surface area (Å²) in [6, 6.07) is 13.6. The van der Waals surface area contributed by atoms with Crippen molar-refractivity contribution in [2.24, 2.45) is 7.05 Å². The van der Waals surface area contributed by atoms with Gasteiger partial charge in [-0.25, -0.2) is 0 Å². The molecule has 3 rings (SSSR count). The van der Waals surface area contributed by atoms with Gasteiger partial charge in [0.1, 0.15) is 11.9 Å². The molecule has 1 aliphatic rings. The maximum atomic E-state index is 12.4. The van der Waals surface area contributed by atoms with Gasteiger partial charge in [-0.3, -0.25) is 9.59 Å². The number of rotatable bonds is 6. The molecule has 1 aliphatic heterocycles. The number of carbonyl (C=O) groups excluding carboxylic acids is 1. The Labute approximate surface area is 154 Å². The van der Waals surface area contributed by atoms with E-state index in [1.165, 1.54) is 11.6 Å². The van der Waals surface area contributed by atoms with Crippen molar-refractivity contribution in [2.75, 3.05) is 13.1 Å². The summed E-state index contributed by atoms with van der Waals surface area (Å²) in [4.78, 5) is 26.1. The van der Waals surface area contributed by atoms with E-state index in [9.17, 15) is 9.59 Å². The van der Waals surface area contributed by atoms with Gasteiger partial charge in [0.2, 0.25) is 5.91 Å². The average Bonchev–Trinajstić information content (AvgIpc) is 3.09. The second-order valence-electron chi connectivity index (χ2n) is 6.94. The highest BCUT2D eigenvalue weighted by Gasteiger charge is 2.27. The molecule has 1 aromatic carbocycles. The zero-order chi connectivity index (χ0) is 18.5. The van der Waals surface area contributed by atoms with Gasteiger partial charge in [0, 0.05) is 38.2 Å². The second kappa shape index (κ2) is 8.21. The summed E-state index contributed by atoms with van der Waals surface area (Å²) < 4.78 is 7.53. The second-order valence-corrected chi connectivity index (χ2v) is 6.94. The molecule has 0 saturated carbocycles. The molecule has 1 atom stereocenters. The molecule has 2 heterocycles. The minimum absolute atomic E-state index is 0.0421. The Balaban J connectivity index is 1.47. The molecule has 0 spiro atoms. The number of amides is 1. The summed E-state index contributed by atoms with van der Waals surface area (Å²) in [5.41, 5.74) is 2.05. The van der Waals surface area contributed by atoms with Crippen molar-refractivity contribution in [3.63, 3.8) is 0 Å². The molecule has 0 N–H and O–H groups in total. The minimum Gasteiger partial charge on any atom is -0.488 e. The van der Waals surface area contributed by atoms with Crippen LogP contribution in [-0.4, -0.2) is 34.6 Å². The number of carbonyl (C=O) groups is 1. The van der Waals surface area contributed by atoms with E-state index in [1.807, 2.05) is 36.1 Å². The molecule has 2 aromatic rings. The third kappa shape index (κ3) is 4.54. The smallest absolute Gasteiger partial charge is 0.254 e. The van der Waals surface area contributed by atoms with Crippen LogP contribution in [0, 0.1) is 6.92 Å². The highest BCUT2D eigenvalue weighted by Crippen LogP contribution is 2.19. The van der Waals surface area contributed by atoms with E-state index < -0.39 is 0 Å². The van der Waals surface area contributed by atoms with Crippen LogP contribution in [0.25, 0.3) is 0 Å². The van der Waals surface area contributed by atoms with Crippen LogP contribution in [0.4, 0.5) is 0 Å². The molecule has 0 radical (unpaired) electrons. The molecule has 0 aliphatic carbocycles. The average molecular weight is 354 g/mol. The van der Waals surface area contributed by atoms with E-state index in [1.54, 1.807) is 11.6 Å². The first kappa shape index (κ1) is 18.2. The van der Waals surface area contributed by atoms with Gasteiger partial charge >= 0.3 is 0 Å². The van der Waals surface area contributed by atoms with E-state index in [2.05, 4.69) is 12.1 Å². The molecule has 5 nitrogen and oxygen atoms in total. The highest BCUT2D eigenvalue weighted by atomic mass is 16.5. The lowest BCUT2D eigenvalue weighted by molar-refractivity contribution is -0.130. The van der Waals surface area contributed by atoms with Gasteiger partial charge in [0.25, 0.3) is 5.56 Å². The first-order valence-electron chi connectivity index (χ1n) is 9.19. The molecular formula is C21H26N2O3. The van der Waals surface area contributed by atoms with E-state index in [-0.39, 0.29) is 17.6 Å². The van der Waals surface area contributed by atoms with E-state index >= 15 is 0 Å². The van der Waals surface area contributed by atoms with Crippen molar-refractivity contribution >= 4 is 5.91 Å². The number of ether oxygens (including phenoxy) is 1. The fraction of sp³-hybridized carbons (Fsp3) is 0.429. The summed E-state index contributed by atoms with van der Waals surface area (Å²) >= 11 is 0. The van der Waals surface area contributed by atoms with Crippen LogP contribution in [0.1, 0.15) is 30.5 Å². The zero-order valence-corrected chi connectivity index (χ0v) is 15.5. The molecule has 5 heteroatoms. The van der Waals surface area contributed by atoms with Crippen molar-refractivity contribution in [3.8, 4) is 5.75 Å². The number of aryl methyl sites for hydroxylation is 2. The molecule has 138 valence electrons. The number of pyridine rings is 1. The van der Waals surface area contributed by atoms with Gasteiger partial charge in [-0.05, 0) is 31.4 Å².